The standard InChI is InChI=1S/C17H12N4O5S.C16H10N4O4S/c1-26-9-4-2-3-8(5-9)17-21-12-10(6-18)20-13(14(24)15(12)27-17)16(25)19-7-11(22)23;17-6-9-14-11(20-16(25-14)8-4-2-1-3-5-8)13(23)12(19-9)15(24)18-7-10(21)22/h2-5,24H,7H2,1H3,(H,19,25)(H,22,23);1-5,23H,7H2,(H,18,24)(H,21,22). The number of amides is 2. The van der Waals surface area contributed by atoms with E-state index in [1.807, 2.05) is 42.5 Å². The van der Waals surface area contributed by atoms with E-state index < -0.39 is 59.7 Å². The van der Waals surface area contributed by atoms with Crippen LogP contribution in [0.25, 0.3) is 41.6 Å². The second-order valence-electron chi connectivity index (χ2n) is 10.2. The van der Waals surface area contributed by atoms with E-state index in [1.54, 1.807) is 24.3 Å². The lowest BCUT2D eigenvalue weighted by atomic mass is 10.2. The Morgan fingerprint density at radius 2 is 1.25 bits per heavy atom. The Morgan fingerprint density at radius 1 is 0.712 bits per heavy atom. The molecule has 0 saturated heterocycles. The third kappa shape index (κ3) is 7.65. The van der Waals surface area contributed by atoms with Gasteiger partial charge in [0.2, 0.25) is 0 Å². The first-order valence-electron chi connectivity index (χ1n) is 14.5. The number of carbonyl (C=O) groups excluding carboxylic acids is 2. The molecule has 17 nitrogen and oxygen atoms in total. The molecule has 0 fully saturated rings. The van der Waals surface area contributed by atoms with Crippen LogP contribution in [0.4, 0.5) is 0 Å². The molecule has 0 radical (unpaired) electrons. The van der Waals surface area contributed by atoms with Crippen LogP contribution >= 0.6 is 22.7 Å². The summed E-state index contributed by atoms with van der Waals surface area (Å²) in [7, 11) is 1.53. The first-order valence-corrected chi connectivity index (χ1v) is 16.2. The van der Waals surface area contributed by atoms with Crippen molar-refractivity contribution in [2.45, 2.75) is 0 Å². The topological polar surface area (TPSA) is 282 Å². The lowest BCUT2D eigenvalue weighted by Gasteiger charge is -2.05. The van der Waals surface area contributed by atoms with Crippen molar-refractivity contribution in [2.24, 2.45) is 0 Å². The normalized spacial score (nSPS) is 10.4. The number of pyridine rings is 2. The number of carbonyl (C=O) groups is 4. The smallest absolute Gasteiger partial charge is 0.322 e. The minimum atomic E-state index is -1.25. The average Bonchev–Trinajstić information content (AvgIpc) is 3.81. The largest absolute Gasteiger partial charge is 0.504 e. The van der Waals surface area contributed by atoms with Crippen LogP contribution in [-0.4, -0.2) is 84.3 Å². The highest BCUT2D eigenvalue weighted by atomic mass is 32.1. The SMILES string of the molecule is COc1cccc(-c2nc3c(C#N)nc(C(=O)NCC(=O)O)c(O)c3s2)c1.N#Cc1nc(C(=O)NCC(=O)O)c(O)c2nc(-c3ccccc3)sc12. The van der Waals surface area contributed by atoms with E-state index >= 15 is 0 Å². The lowest BCUT2D eigenvalue weighted by molar-refractivity contribution is -0.136. The fourth-order valence-corrected chi connectivity index (χ4v) is 6.49. The summed E-state index contributed by atoms with van der Waals surface area (Å²) in [6, 6.07) is 20.0. The maximum Gasteiger partial charge on any atom is 0.322 e. The van der Waals surface area contributed by atoms with Gasteiger partial charge in [-0.3, -0.25) is 19.2 Å². The second kappa shape index (κ2) is 15.6. The van der Waals surface area contributed by atoms with Gasteiger partial charge in [0.05, 0.1) is 11.8 Å². The van der Waals surface area contributed by atoms with Gasteiger partial charge in [0.25, 0.3) is 11.8 Å². The van der Waals surface area contributed by atoms with Crippen molar-refractivity contribution in [1.82, 2.24) is 30.6 Å². The summed E-state index contributed by atoms with van der Waals surface area (Å²) in [5, 5.41) is 61.9. The number of aliphatic carboxylic acids is 2. The number of hydrogen-bond donors (Lipinski definition) is 6. The number of nitrogens with one attached hydrogen (secondary N) is 2. The fraction of sp³-hybridized carbons (Fsp3) is 0.0909. The highest BCUT2D eigenvalue weighted by molar-refractivity contribution is 7.22. The van der Waals surface area contributed by atoms with E-state index in [4.69, 9.17) is 14.9 Å². The Hall–Kier alpha value is -7.22. The number of rotatable bonds is 9. The van der Waals surface area contributed by atoms with Crippen LogP contribution in [0.15, 0.2) is 54.6 Å². The van der Waals surface area contributed by atoms with Crippen molar-refractivity contribution in [3.05, 3.63) is 77.4 Å². The van der Waals surface area contributed by atoms with E-state index in [-0.39, 0.29) is 27.1 Å². The number of fused-ring (bicyclic) bond motifs is 2. The molecule has 2 amide bonds. The van der Waals surface area contributed by atoms with Crippen molar-refractivity contribution < 1.29 is 44.3 Å². The number of carboxylic acids is 2. The van der Waals surface area contributed by atoms with Crippen LogP contribution < -0.4 is 15.4 Å². The number of ether oxygens (including phenoxy) is 1. The molecular weight excluding hydrogens is 717 g/mol. The molecule has 0 aliphatic carbocycles. The molecule has 6 aromatic rings. The fourth-order valence-electron chi connectivity index (χ4n) is 4.47. The Kier molecular flexibility index (Phi) is 10.8. The Bertz CT molecular complexity index is 2470. The molecule has 4 heterocycles. The number of nitrogens with zero attached hydrogens (tertiary/aromatic N) is 6. The molecule has 0 atom stereocenters. The molecule has 52 heavy (non-hydrogen) atoms. The lowest BCUT2D eigenvalue weighted by Crippen LogP contribution is -2.30. The zero-order valence-corrected chi connectivity index (χ0v) is 28.1. The maximum absolute atomic E-state index is 12.1. The van der Waals surface area contributed by atoms with E-state index in [9.17, 15) is 39.9 Å². The maximum atomic E-state index is 12.1. The summed E-state index contributed by atoms with van der Waals surface area (Å²) in [5.41, 5.74) is 0.668. The Balaban J connectivity index is 0.000000202. The minimum Gasteiger partial charge on any atom is -0.504 e. The quantitative estimate of drug-likeness (QED) is 0.124. The number of methoxy groups -OCH3 is 1. The summed E-state index contributed by atoms with van der Waals surface area (Å²) >= 11 is 2.25. The summed E-state index contributed by atoms with van der Waals surface area (Å²) in [4.78, 5) is 61.7. The van der Waals surface area contributed by atoms with Gasteiger partial charge in [-0.2, -0.15) is 10.5 Å². The molecule has 0 bridgehead atoms. The molecule has 0 aliphatic heterocycles. The first kappa shape index (κ1) is 36.1. The van der Waals surface area contributed by atoms with Crippen LogP contribution in [0.5, 0.6) is 17.2 Å². The summed E-state index contributed by atoms with van der Waals surface area (Å²) in [5.74, 6) is -4.62. The van der Waals surface area contributed by atoms with Crippen molar-refractivity contribution in [3.8, 4) is 50.5 Å². The van der Waals surface area contributed by atoms with Gasteiger partial charge in [-0.05, 0) is 12.1 Å². The molecule has 0 aliphatic rings. The van der Waals surface area contributed by atoms with Crippen molar-refractivity contribution in [2.75, 3.05) is 20.2 Å². The number of aromatic nitrogens is 4. The van der Waals surface area contributed by atoms with Gasteiger partial charge in [-0.25, -0.2) is 19.9 Å². The van der Waals surface area contributed by atoms with E-state index in [2.05, 4.69) is 30.6 Å². The van der Waals surface area contributed by atoms with E-state index in [1.165, 1.54) is 18.4 Å². The highest BCUT2D eigenvalue weighted by Gasteiger charge is 2.25. The average molecular weight is 739 g/mol. The Morgan fingerprint density at radius 3 is 1.85 bits per heavy atom. The van der Waals surface area contributed by atoms with E-state index in [0.29, 0.717) is 26.0 Å². The molecule has 19 heteroatoms. The summed E-state index contributed by atoms with van der Waals surface area (Å²) in [6.07, 6.45) is 0. The number of aromatic hydroxyl groups is 2. The van der Waals surface area contributed by atoms with Crippen LogP contribution in [-0.2, 0) is 9.59 Å². The number of thiazole rings is 2. The third-order valence-electron chi connectivity index (χ3n) is 6.81. The molecule has 0 unspecified atom stereocenters. The van der Waals surface area contributed by atoms with Crippen LogP contribution in [0.2, 0.25) is 0 Å². The zero-order chi connectivity index (χ0) is 37.5. The predicted molar refractivity (Wildman–Crippen MR) is 185 cm³/mol. The van der Waals surface area contributed by atoms with Crippen molar-refractivity contribution in [3.63, 3.8) is 0 Å². The van der Waals surface area contributed by atoms with Gasteiger partial charge in [0.1, 0.15) is 56.7 Å². The molecule has 0 spiro atoms. The monoisotopic (exact) mass is 738 g/mol. The van der Waals surface area contributed by atoms with Crippen LogP contribution in [0.3, 0.4) is 0 Å². The van der Waals surface area contributed by atoms with Crippen molar-refractivity contribution >= 4 is 66.9 Å². The van der Waals surface area contributed by atoms with Gasteiger partial charge in [-0.1, -0.05) is 42.5 Å². The molecule has 260 valence electrons. The third-order valence-corrected chi connectivity index (χ3v) is 9.03. The summed E-state index contributed by atoms with van der Waals surface area (Å²) in [6.45, 7) is -1.27. The van der Waals surface area contributed by atoms with Gasteiger partial charge in [0.15, 0.2) is 34.3 Å². The molecule has 2 aromatic carbocycles. The van der Waals surface area contributed by atoms with Crippen LogP contribution in [0, 0.1) is 22.7 Å². The van der Waals surface area contributed by atoms with E-state index in [0.717, 1.165) is 16.9 Å². The van der Waals surface area contributed by atoms with Crippen LogP contribution in [0.1, 0.15) is 32.4 Å². The molecular formula is C33H22N8O9S2. The number of nitriles is 2. The second-order valence-corrected chi connectivity index (χ2v) is 12.2. The van der Waals surface area contributed by atoms with Gasteiger partial charge in [-0.15, -0.1) is 22.7 Å². The Labute approximate surface area is 299 Å². The molecule has 0 saturated carbocycles. The molecule has 4 aromatic heterocycles. The van der Waals surface area contributed by atoms with Gasteiger partial charge in [0, 0.05) is 11.1 Å². The number of carboxylic acid groups (broad SMARTS) is 2. The number of benzene rings is 2. The molecule has 6 N–H and O–H groups in total. The zero-order valence-electron chi connectivity index (χ0n) is 26.4. The van der Waals surface area contributed by atoms with Crippen molar-refractivity contribution in [1.29, 1.82) is 10.5 Å². The van der Waals surface area contributed by atoms with Gasteiger partial charge < -0.3 is 35.8 Å². The predicted octanol–water partition coefficient (Wildman–Crippen LogP) is 3.51. The molecule has 6 rings (SSSR count). The summed E-state index contributed by atoms with van der Waals surface area (Å²) < 4.78 is 5.74. The minimum absolute atomic E-state index is 0.0621. The number of hydrogen-bond acceptors (Lipinski definition) is 15. The highest BCUT2D eigenvalue weighted by Crippen LogP contribution is 2.39. The first-order chi connectivity index (χ1) is 24.9. The van der Waals surface area contributed by atoms with Gasteiger partial charge >= 0.3 is 11.9 Å².